The Kier molecular flexibility index (Phi) is 4.42. The number of aliphatic carboxylic acids is 1. The fourth-order valence-corrected chi connectivity index (χ4v) is 2.31. The van der Waals surface area contributed by atoms with Crippen LogP contribution in [0.5, 0.6) is 0 Å². The van der Waals surface area contributed by atoms with E-state index in [-0.39, 0.29) is 18.9 Å². The molecule has 2 heterocycles. The average Bonchev–Trinajstić information content (AvgIpc) is 3.06. The Bertz CT molecular complexity index is 631. The number of furan rings is 1. The van der Waals surface area contributed by atoms with Gasteiger partial charge in [-0.1, -0.05) is 0 Å². The summed E-state index contributed by atoms with van der Waals surface area (Å²) in [4.78, 5) is 27.1. The van der Waals surface area contributed by atoms with E-state index in [0.29, 0.717) is 16.5 Å². The van der Waals surface area contributed by atoms with Crippen molar-refractivity contribution in [3.05, 3.63) is 29.5 Å². The van der Waals surface area contributed by atoms with E-state index in [0.717, 1.165) is 0 Å². The predicted molar refractivity (Wildman–Crippen MR) is 77.9 cm³/mol. The number of thiazole rings is 1. The average molecular weight is 308 g/mol. The second-order valence-corrected chi connectivity index (χ2v) is 6.12. The Hall–Kier alpha value is -2.15. The molecule has 6 nitrogen and oxygen atoms in total. The first-order valence-corrected chi connectivity index (χ1v) is 7.25. The Morgan fingerprint density at radius 3 is 2.86 bits per heavy atom. The molecule has 0 aliphatic carbocycles. The van der Waals surface area contributed by atoms with Crippen LogP contribution in [0.4, 0.5) is 0 Å². The van der Waals surface area contributed by atoms with Crippen LogP contribution in [0.1, 0.15) is 19.5 Å². The fourth-order valence-electron chi connectivity index (χ4n) is 1.52. The minimum atomic E-state index is -0.989. The molecule has 0 unspecified atom stereocenters. The summed E-state index contributed by atoms with van der Waals surface area (Å²) in [6.45, 7) is 3.21. The second kappa shape index (κ2) is 6.09. The van der Waals surface area contributed by atoms with E-state index >= 15 is 0 Å². The number of carboxylic acid groups (broad SMARTS) is 1. The number of hydrogen-bond acceptors (Lipinski definition) is 5. The zero-order valence-electron chi connectivity index (χ0n) is 11.8. The van der Waals surface area contributed by atoms with Gasteiger partial charge in [0.15, 0.2) is 10.8 Å². The summed E-state index contributed by atoms with van der Waals surface area (Å²) < 4.78 is 5.24. The molecule has 1 amide bonds. The molecule has 0 atom stereocenters. The van der Waals surface area contributed by atoms with Gasteiger partial charge in [-0.3, -0.25) is 9.59 Å². The van der Waals surface area contributed by atoms with Gasteiger partial charge in [0.25, 0.3) is 0 Å². The van der Waals surface area contributed by atoms with E-state index in [1.54, 1.807) is 37.6 Å². The third-order valence-corrected chi connectivity index (χ3v) is 3.84. The molecule has 0 radical (unpaired) electrons. The van der Waals surface area contributed by atoms with E-state index in [1.807, 2.05) is 0 Å². The zero-order chi connectivity index (χ0) is 15.5. The van der Waals surface area contributed by atoms with E-state index in [9.17, 15) is 9.59 Å². The van der Waals surface area contributed by atoms with Crippen molar-refractivity contribution in [3.8, 4) is 10.8 Å². The molecule has 2 aromatic rings. The molecule has 21 heavy (non-hydrogen) atoms. The number of hydrogen-bond donors (Lipinski definition) is 2. The summed E-state index contributed by atoms with van der Waals surface area (Å²) in [5.74, 6) is -0.532. The highest BCUT2D eigenvalue weighted by atomic mass is 32.1. The number of rotatable bonds is 6. The minimum Gasteiger partial charge on any atom is -0.481 e. The highest BCUT2D eigenvalue weighted by Crippen LogP contribution is 2.24. The van der Waals surface area contributed by atoms with Crippen molar-refractivity contribution in [1.82, 2.24) is 10.3 Å². The molecule has 2 rings (SSSR count). The number of amides is 1. The van der Waals surface area contributed by atoms with Gasteiger partial charge < -0.3 is 14.8 Å². The lowest BCUT2D eigenvalue weighted by atomic mass is 9.94. The molecule has 0 saturated heterocycles. The Morgan fingerprint density at radius 1 is 1.48 bits per heavy atom. The molecular formula is C14H16N2O4S. The Labute approximate surface area is 125 Å². The first-order valence-electron chi connectivity index (χ1n) is 6.37. The lowest BCUT2D eigenvalue weighted by molar-refractivity contribution is -0.146. The summed E-state index contributed by atoms with van der Waals surface area (Å²) in [6, 6.07) is 3.58. The van der Waals surface area contributed by atoms with Crippen LogP contribution in [0.2, 0.25) is 0 Å². The zero-order valence-corrected chi connectivity index (χ0v) is 12.6. The predicted octanol–water partition coefficient (Wildman–Crippen LogP) is 2.17. The highest BCUT2D eigenvalue weighted by Gasteiger charge is 2.27. The molecule has 0 aliphatic rings. The third kappa shape index (κ3) is 3.91. The van der Waals surface area contributed by atoms with Crippen LogP contribution in [0.25, 0.3) is 10.8 Å². The number of carboxylic acids is 1. The second-order valence-electron chi connectivity index (χ2n) is 5.26. The van der Waals surface area contributed by atoms with Crippen LogP contribution in [0.3, 0.4) is 0 Å². The Balaban J connectivity index is 1.90. The van der Waals surface area contributed by atoms with Gasteiger partial charge in [-0.25, -0.2) is 4.98 Å². The molecular weight excluding hydrogens is 292 g/mol. The summed E-state index contributed by atoms with van der Waals surface area (Å²) in [5.41, 5.74) is -0.353. The van der Waals surface area contributed by atoms with Gasteiger partial charge in [0.05, 0.1) is 23.8 Å². The molecule has 0 aromatic carbocycles. The standard InChI is InChI=1S/C14H16N2O4S/c1-14(2,13(18)19)8-15-11(17)6-9-7-21-12(16-9)10-4-3-5-20-10/h3-5,7H,6,8H2,1-2H3,(H,15,17)(H,18,19). The monoisotopic (exact) mass is 308 g/mol. The third-order valence-electron chi connectivity index (χ3n) is 2.93. The summed E-state index contributed by atoms with van der Waals surface area (Å²) >= 11 is 1.40. The van der Waals surface area contributed by atoms with Gasteiger partial charge in [-0.15, -0.1) is 11.3 Å². The van der Waals surface area contributed by atoms with Crippen LogP contribution in [-0.2, 0) is 16.0 Å². The summed E-state index contributed by atoms with van der Waals surface area (Å²) in [6.07, 6.45) is 1.68. The molecule has 2 aromatic heterocycles. The van der Waals surface area contributed by atoms with Crippen molar-refractivity contribution in [1.29, 1.82) is 0 Å². The van der Waals surface area contributed by atoms with Gasteiger partial charge in [0, 0.05) is 11.9 Å². The van der Waals surface area contributed by atoms with Crippen LogP contribution in [0.15, 0.2) is 28.2 Å². The van der Waals surface area contributed by atoms with E-state index in [1.165, 1.54) is 11.3 Å². The molecule has 2 N–H and O–H groups in total. The minimum absolute atomic E-state index is 0.0797. The van der Waals surface area contributed by atoms with Gasteiger partial charge in [-0.2, -0.15) is 0 Å². The maximum absolute atomic E-state index is 11.8. The molecule has 112 valence electrons. The normalized spacial score (nSPS) is 11.3. The molecule has 7 heteroatoms. The fraction of sp³-hybridized carbons (Fsp3) is 0.357. The van der Waals surface area contributed by atoms with Gasteiger partial charge in [0.2, 0.25) is 5.91 Å². The topological polar surface area (TPSA) is 92.4 Å². The van der Waals surface area contributed by atoms with Gasteiger partial charge in [0.1, 0.15) is 0 Å². The SMILES string of the molecule is CC(C)(CNC(=O)Cc1csc(-c2ccco2)n1)C(=O)O. The van der Waals surface area contributed by atoms with Gasteiger partial charge in [-0.05, 0) is 26.0 Å². The first-order chi connectivity index (χ1) is 9.88. The summed E-state index contributed by atoms with van der Waals surface area (Å²) in [5, 5.41) is 14.1. The van der Waals surface area contributed by atoms with Crippen LogP contribution in [-0.4, -0.2) is 28.5 Å². The highest BCUT2D eigenvalue weighted by molar-refractivity contribution is 7.13. The van der Waals surface area contributed by atoms with Crippen molar-refractivity contribution >= 4 is 23.2 Å². The van der Waals surface area contributed by atoms with Crippen LogP contribution in [0, 0.1) is 5.41 Å². The molecule has 0 saturated carbocycles. The molecule has 0 fully saturated rings. The van der Waals surface area contributed by atoms with Gasteiger partial charge >= 0.3 is 5.97 Å². The van der Waals surface area contributed by atoms with Crippen molar-refractivity contribution in [3.63, 3.8) is 0 Å². The largest absolute Gasteiger partial charge is 0.481 e. The van der Waals surface area contributed by atoms with E-state index in [4.69, 9.17) is 9.52 Å². The van der Waals surface area contributed by atoms with Crippen molar-refractivity contribution in [2.45, 2.75) is 20.3 Å². The lowest BCUT2D eigenvalue weighted by Crippen LogP contribution is -2.39. The quantitative estimate of drug-likeness (QED) is 0.853. The van der Waals surface area contributed by atoms with Crippen molar-refractivity contribution in [2.75, 3.05) is 6.54 Å². The van der Waals surface area contributed by atoms with E-state index < -0.39 is 11.4 Å². The number of nitrogens with zero attached hydrogens (tertiary/aromatic N) is 1. The molecule has 0 bridgehead atoms. The first kappa shape index (κ1) is 15.2. The van der Waals surface area contributed by atoms with Crippen molar-refractivity contribution in [2.24, 2.45) is 5.41 Å². The molecule has 0 aliphatic heterocycles. The van der Waals surface area contributed by atoms with Crippen molar-refractivity contribution < 1.29 is 19.1 Å². The maximum Gasteiger partial charge on any atom is 0.310 e. The van der Waals surface area contributed by atoms with E-state index in [2.05, 4.69) is 10.3 Å². The smallest absolute Gasteiger partial charge is 0.310 e. The number of carbonyl (C=O) groups is 2. The number of nitrogens with one attached hydrogen (secondary N) is 1. The Morgan fingerprint density at radius 2 is 2.24 bits per heavy atom. The van der Waals surface area contributed by atoms with Crippen LogP contribution >= 0.6 is 11.3 Å². The number of aromatic nitrogens is 1. The maximum atomic E-state index is 11.8. The molecule has 0 spiro atoms. The lowest BCUT2D eigenvalue weighted by Gasteiger charge is -2.19. The summed E-state index contributed by atoms with van der Waals surface area (Å²) in [7, 11) is 0. The number of carbonyl (C=O) groups excluding carboxylic acids is 1. The van der Waals surface area contributed by atoms with Crippen LogP contribution < -0.4 is 5.32 Å².